The van der Waals surface area contributed by atoms with Crippen LogP contribution in [-0.2, 0) is 0 Å². The molecule has 0 aliphatic rings. The van der Waals surface area contributed by atoms with E-state index in [1.54, 1.807) is 41.7 Å². The van der Waals surface area contributed by atoms with E-state index in [2.05, 4.69) is 21.4 Å². The Bertz CT molecular complexity index is 388. The molecule has 2 aromatic rings. The lowest BCUT2D eigenvalue weighted by molar-refractivity contribution is 0.948. The van der Waals surface area contributed by atoms with Crippen molar-refractivity contribution in [1.29, 1.82) is 0 Å². The van der Waals surface area contributed by atoms with Gasteiger partial charge in [-0.15, -0.1) is 11.3 Å². The van der Waals surface area contributed by atoms with Crippen LogP contribution in [0.3, 0.4) is 0 Å². The summed E-state index contributed by atoms with van der Waals surface area (Å²) in [5.74, 6) is 0. The highest BCUT2D eigenvalue weighted by atomic mass is 32.2. The third kappa shape index (κ3) is 2.77. The zero-order valence-electron chi connectivity index (χ0n) is 8.04. The monoisotopic (exact) mass is 237 g/mol. The fraction of sp³-hybridized carbons (Fsp3) is 0.200. The molecule has 0 aliphatic heterocycles. The molecule has 2 rings (SSSR count). The molecule has 2 aromatic heterocycles. The Morgan fingerprint density at radius 2 is 2.40 bits per heavy atom. The molecule has 0 bridgehead atoms. The van der Waals surface area contributed by atoms with Crippen LogP contribution in [0.1, 0.15) is 10.1 Å². The molecule has 0 fully saturated rings. The minimum Gasteiger partial charge on any atom is -0.329 e. The Morgan fingerprint density at radius 1 is 1.47 bits per heavy atom. The lowest BCUT2D eigenvalue weighted by atomic mass is 10.3. The van der Waals surface area contributed by atoms with E-state index < -0.39 is 0 Å². The van der Waals surface area contributed by atoms with E-state index in [0.717, 1.165) is 5.03 Å². The number of thiophene rings is 1. The molecule has 0 amide bonds. The highest BCUT2D eigenvalue weighted by Gasteiger charge is 2.12. The summed E-state index contributed by atoms with van der Waals surface area (Å²) in [5, 5.41) is 3.26. The molecule has 0 aromatic carbocycles. The van der Waals surface area contributed by atoms with E-state index in [0.29, 0.717) is 6.54 Å². The largest absolute Gasteiger partial charge is 0.329 e. The van der Waals surface area contributed by atoms with Gasteiger partial charge in [0.05, 0.1) is 11.4 Å². The van der Waals surface area contributed by atoms with Crippen LogP contribution in [0.15, 0.2) is 41.1 Å². The molecule has 0 saturated carbocycles. The molecule has 78 valence electrons. The smallest absolute Gasteiger partial charge is 0.115 e. The van der Waals surface area contributed by atoms with Gasteiger partial charge in [-0.25, -0.2) is 4.98 Å². The summed E-state index contributed by atoms with van der Waals surface area (Å²) in [4.78, 5) is 9.54. The summed E-state index contributed by atoms with van der Waals surface area (Å²) < 4.78 is 0. The molecule has 2 N–H and O–H groups in total. The predicted octanol–water partition coefficient (Wildman–Crippen LogP) is 2.33. The van der Waals surface area contributed by atoms with Gasteiger partial charge in [0.25, 0.3) is 0 Å². The van der Waals surface area contributed by atoms with E-state index in [4.69, 9.17) is 5.73 Å². The van der Waals surface area contributed by atoms with Gasteiger partial charge in [0.2, 0.25) is 0 Å². The van der Waals surface area contributed by atoms with Gasteiger partial charge in [0.1, 0.15) is 5.03 Å². The predicted molar refractivity (Wildman–Crippen MR) is 64.0 cm³/mol. The SMILES string of the molecule is NCC(Sc1cnccn1)c1cccs1. The standard InChI is InChI=1S/C10H11N3S2/c11-6-9(8-2-1-5-14-8)15-10-7-12-3-4-13-10/h1-5,7,9H,6,11H2. The highest BCUT2D eigenvalue weighted by molar-refractivity contribution is 7.99. The van der Waals surface area contributed by atoms with E-state index in [1.807, 2.05) is 6.07 Å². The minimum absolute atomic E-state index is 0.279. The molecule has 5 heteroatoms. The highest BCUT2D eigenvalue weighted by Crippen LogP contribution is 2.34. The molecule has 1 unspecified atom stereocenters. The Hall–Kier alpha value is -0.910. The molecule has 1 atom stereocenters. The number of rotatable bonds is 4. The van der Waals surface area contributed by atoms with E-state index in [1.165, 1.54) is 4.88 Å². The fourth-order valence-corrected chi connectivity index (χ4v) is 3.05. The third-order valence-corrected chi connectivity index (χ3v) is 4.20. The van der Waals surface area contributed by atoms with Crippen molar-refractivity contribution in [3.63, 3.8) is 0 Å². The average Bonchev–Trinajstić information content (AvgIpc) is 2.81. The lowest BCUT2D eigenvalue weighted by Gasteiger charge is -2.10. The zero-order chi connectivity index (χ0) is 10.5. The van der Waals surface area contributed by atoms with Crippen molar-refractivity contribution in [2.75, 3.05) is 6.54 Å². The molecular formula is C10H11N3S2. The van der Waals surface area contributed by atoms with Gasteiger partial charge in [-0.2, -0.15) is 0 Å². The van der Waals surface area contributed by atoms with Crippen molar-refractivity contribution in [3.8, 4) is 0 Å². The van der Waals surface area contributed by atoms with Crippen LogP contribution < -0.4 is 5.73 Å². The molecular weight excluding hydrogens is 226 g/mol. The van der Waals surface area contributed by atoms with Gasteiger partial charge in [-0.05, 0) is 11.4 Å². The molecule has 0 saturated heterocycles. The third-order valence-electron chi connectivity index (χ3n) is 1.88. The molecule has 0 aliphatic carbocycles. The molecule has 2 heterocycles. The number of hydrogen-bond acceptors (Lipinski definition) is 5. The fourth-order valence-electron chi connectivity index (χ4n) is 1.19. The second-order valence-corrected chi connectivity index (χ2v) is 5.10. The van der Waals surface area contributed by atoms with Gasteiger partial charge in [0, 0.05) is 23.8 Å². The quantitative estimate of drug-likeness (QED) is 0.829. The Kier molecular flexibility index (Phi) is 3.71. The van der Waals surface area contributed by atoms with Crippen LogP contribution in [0, 0.1) is 0 Å². The number of aromatic nitrogens is 2. The molecule has 15 heavy (non-hydrogen) atoms. The van der Waals surface area contributed by atoms with Crippen LogP contribution in [0.4, 0.5) is 0 Å². The molecule has 3 nitrogen and oxygen atoms in total. The van der Waals surface area contributed by atoms with Crippen LogP contribution in [0.2, 0.25) is 0 Å². The maximum Gasteiger partial charge on any atom is 0.115 e. The Labute approximate surface area is 96.8 Å². The summed E-state index contributed by atoms with van der Waals surface area (Å²) in [5.41, 5.74) is 5.75. The summed E-state index contributed by atoms with van der Waals surface area (Å²) in [6.07, 6.45) is 5.14. The van der Waals surface area contributed by atoms with Crippen molar-refractivity contribution in [3.05, 3.63) is 41.0 Å². The maximum atomic E-state index is 5.75. The summed E-state index contributed by atoms with van der Waals surface area (Å²) in [6, 6.07) is 4.14. The summed E-state index contributed by atoms with van der Waals surface area (Å²) >= 11 is 3.38. The van der Waals surface area contributed by atoms with Gasteiger partial charge in [-0.1, -0.05) is 17.8 Å². The molecule has 0 radical (unpaired) electrons. The van der Waals surface area contributed by atoms with Crippen molar-refractivity contribution in [2.24, 2.45) is 5.73 Å². The number of nitrogens with two attached hydrogens (primary N) is 1. The van der Waals surface area contributed by atoms with Gasteiger partial charge in [-0.3, -0.25) is 4.98 Å². The first-order valence-electron chi connectivity index (χ1n) is 4.56. The first-order chi connectivity index (χ1) is 7.40. The summed E-state index contributed by atoms with van der Waals surface area (Å²) in [7, 11) is 0. The first-order valence-corrected chi connectivity index (χ1v) is 6.32. The second kappa shape index (κ2) is 5.25. The van der Waals surface area contributed by atoms with Crippen molar-refractivity contribution in [2.45, 2.75) is 10.3 Å². The number of hydrogen-bond donors (Lipinski definition) is 1. The average molecular weight is 237 g/mol. The van der Waals surface area contributed by atoms with Crippen molar-refractivity contribution >= 4 is 23.1 Å². The Morgan fingerprint density at radius 3 is 3.00 bits per heavy atom. The molecule has 0 spiro atoms. The van der Waals surface area contributed by atoms with Gasteiger partial charge >= 0.3 is 0 Å². The topological polar surface area (TPSA) is 51.8 Å². The van der Waals surface area contributed by atoms with E-state index in [9.17, 15) is 0 Å². The zero-order valence-corrected chi connectivity index (χ0v) is 9.67. The number of thioether (sulfide) groups is 1. The lowest BCUT2D eigenvalue weighted by Crippen LogP contribution is -2.08. The van der Waals surface area contributed by atoms with Crippen LogP contribution in [-0.4, -0.2) is 16.5 Å². The van der Waals surface area contributed by atoms with E-state index in [-0.39, 0.29) is 5.25 Å². The van der Waals surface area contributed by atoms with Crippen LogP contribution >= 0.6 is 23.1 Å². The van der Waals surface area contributed by atoms with E-state index >= 15 is 0 Å². The van der Waals surface area contributed by atoms with Crippen LogP contribution in [0.5, 0.6) is 0 Å². The summed E-state index contributed by atoms with van der Waals surface area (Å²) in [6.45, 7) is 0.613. The van der Waals surface area contributed by atoms with Crippen LogP contribution in [0.25, 0.3) is 0 Å². The van der Waals surface area contributed by atoms with Crippen molar-refractivity contribution in [1.82, 2.24) is 9.97 Å². The maximum absolute atomic E-state index is 5.75. The minimum atomic E-state index is 0.279. The van der Waals surface area contributed by atoms with Gasteiger partial charge < -0.3 is 5.73 Å². The normalized spacial score (nSPS) is 12.6. The number of nitrogens with zero attached hydrogens (tertiary/aromatic N) is 2. The Balaban J connectivity index is 2.10. The first kappa shape index (κ1) is 10.6. The second-order valence-electron chi connectivity index (χ2n) is 2.90. The van der Waals surface area contributed by atoms with Gasteiger partial charge in [0.15, 0.2) is 0 Å². The van der Waals surface area contributed by atoms with Crippen molar-refractivity contribution < 1.29 is 0 Å².